The number of thiazole rings is 1. The molecule has 4 N–H and O–H groups in total. The number of hydrogen-bond donors (Lipinski definition) is 4. The number of carboxylic acid groups (broad SMARTS) is 2. The number of furan rings is 1. The first kappa shape index (κ1) is 21.1. The number of amides is 1. The Balaban J connectivity index is 0.000000300. The molecule has 2 aromatic rings. The SMILES string of the molecule is CC(=O)Nc1nc(-c2ccco2)c(N2CCNCC2)s1.O=C(O)/C=C/C(=O)O. The third-order valence-corrected chi connectivity index (χ3v) is 4.45. The van der Waals surface area contributed by atoms with E-state index in [4.69, 9.17) is 14.6 Å². The fourth-order valence-electron chi connectivity index (χ4n) is 2.31. The van der Waals surface area contributed by atoms with E-state index in [9.17, 15) is 14.4 Å². The normalized spacial score (nSPS) is 13.7. The van der Waals surface area contributed by atoms with E-state index in [0.717, 1.165) is 42.6 Å². The van der Waals surface area contributed by atoms with Crippen molar-refractivity contribution in [2.24, 2.45) is 0 Å². The Kier molecular flexibility index (Phi) is 7.72. The maximum absolute atomic E-state index is 11.2. The van der Waals surface area contributed by atoms with Crippen LogP contribution < -0.4 is 15.5 Å². The van der Waals surface area contributed by atoms with Gasteiger partial charge in [-0.15, -0.1) is 0 Å². The summed E-state index contributed by atoms with van der Waals surface area (Å²) in [7, 11) is 0. The fraction of sp³-hybridized carbons (Fsp3) is 0.294. The Morgan fingerprint density at radius 2 is 1.89 bits per heavy atom. The Morgan fingerprint density at radius 3 is 2.39 bits per heavy atom. The standard InChI is InChI=1S/C13H16N4O2S.C4H4O4/c1-9(18)15-13-16-11(10-3-2-8-19-10)12(20-13)17-6-4-14-5-7-17;5-3(6)1-2-4(7)8/h2-3,8,14H,4-7H2,1H3,(H,15,16,18);1-2H,(H,5,6)(H,7,8)/b;2-1+. The summed E-state index contributed by atoms with van der Waals surface area (Å²) in [6, 6.07) is 3.73. The number of carbonyl (C=O) groups is 3. The molecule has 0 radical (unpaired) electrons. The fourth-order valence-corrected chi connectivity index (χ4v) is 3.38. The van der Waals surface area contributed by atoms with Crippen molar-refractivity contribution >= 4 is 39.3 Å². The monoisotopic (exact) mass is 408 g/mol. The van der Waals surface area contributed by atoms with Crippen molar-refractivity contribution in [3.8, 4) is 11.5 Å². The number of piperazine rings is 1. The van der Waals surface area contributed by atoms with E-state index in [0.29, 0.717) is 17.3 Å². The van der Waals surface area contributed by atoms with Gasteiger partial charge in [0.05, 0.1) is 6.26 Å². The van der Waals surface area contributed by atoms with Crippen molar-refractivity contribution in [1.29, 1.82) is 0 Å². The molecule has 10 nitrogen and oxygen atoms in total. The summed E-state index contributed by atoms with van der Waals surface area (Å²) in [5.41, 5.74) is 0.797. The van der Waals surface area contributed by atoms with Crippen LogP contribution in [0.4, 0.5) is 10.1 Å². The number of carbonyl (C=O) groups excluding carboxylic acids is 1. The van der Waals surface area contributed by atoms with Crippen molar-refractivity contribution in [3.05, 3.63) is 30.5 Å². The molecule has 1 fully saturated rings. The average Bonchev–Trinajstić information content (AvgIpc) is 3.30. The summed E-state index contributed by atoms with van der Waals surface area (Å²) in [5, 5.41) is 23.4. The molecule has 150 valence electrons. The van der Waals surface area contributed by atoms with E-state index < -0.39 is 11.9 Å². The molecule has 0 atom stereocenters. The minimum atomic E-state index is -1.26. The maximum Gasteiger partial charge on any atom is 0.328 e. The third kappa shape index (κ3) is 6.52. The maximum atomic E-state index is 11.2. The second-order valence-corrected chi connectivity index (χ2v) is 6.56. The molecule has 0 spiro atoms. The first-order valence-electron chi connectivity index (χ1n) is 8.28. The lowest BCUT2D eigenvalue weighted by molar-refractivity contribution is -0.134. The summed E-state index contributed by atoms with van der Waals surface area (Å²) in [4.78, 5) is 37.1. The smallest absolute Gasteiger partial charge is 0.328 e. The molecule has 0 aliphatic carbocycles. The highest BCUT2D eigenvalue weighted by Gasteiger charge is 2.22. The van der Waals surface area contributed by atoms with Gasteiger partial charge in [-0.3, -0.25) is 4.79 Å². The zero-order valence-electron chi connectivity index (χ0n) is 15.0. The summed E-state index contributed by atoms with van der Waals surface area (Å²) in [6.07, 6.45) is 2.75. The molecule has 0 bridgehead atoms. The Labute approximate surface area is 164 Å². The van der Waals surface area contributed by atoms with Gasteiger partial charge in [-0.05, 0) is 12.1 Å². The van der Waals surface area contributed by atoms with Crippen molar-refractivity contribution in [2.75, 3.05) is 36.4 Å². The van der Waals surface area contributed by atoms with Gasteiger partial charge < -0.3 is 30.2 Å². The van der Waals surface area contributed by atoms with Crippen LogP contribution in [0.5, 0.6) is 0 Å². The second-order valence-electron chi connectivity index (χ2n) is 5.58. The number of anilines is 2. The zero-order chi connectivity index (χ0) is 20.5. The molecule has 0 unspecified atom stereocenters. The lowest BCUT2D eigenvalue weighted by atomic mass is 10.3. The van der Waals surface area contributed by atoms with Gasteiger partial charge in [0.2, 0.25) is 5.91 Å². The summed E-state index contributed by atoms with van der Waals surface area (Å²) < 4.78 is 5.46. The zero-order valence-corrected chi connectivity index (χ0v) is 15.9. The van der Waals surface area contributed by atoms with Crippen LogP contribution in [-0.4, -0.2) is 59.2 Å². The van der Waals surface area contributed by atoms with Gasteiger partial charge >= 0.3 is 11.9 Å². The molecule has 1 amide bonds. The first-order chi connectivity index (χ1) is 13.4. The molecular weight excluding hydrogens is 388 g/mol. The molecule has 1 aliphatic heterocycles. The lowest BCUT2D eigenvalue weighted by Crippen LogP contribution is -2.43. The van der Waals surface area contributed by atoms with Crippen LogP contribution in [-0.2, 0) is 14.4 Å². The van der Waals surface area contributed by atoms with Crippen LogP contribution >= 0.6 is 11.3 Å². The second kappa shape index (κ2) is 10.2. The topological polar surface area (TPSA) is 145 Å². The molecule has 28 heavy (non-hydrogen) atoms. The van der Waals surface area contributed by atoms with E-state index in [1.807, 2.05) is 12.1 Å². The van der Waals surface area contributed by atoms with Gasteiger partial charge in [0, 0.05) is 45.3 Å². The van der Waals surface area contributed by atoms with Crippen LogP contribution in [0.25, 0.3) is 11.5 Å². The average molecular weight is 408 g/mol. The predicted molar refractivity (Wildman–Crippen MR) is 104 cm³/mol. The van der Waals surface area contributed by atoms with Crippen molar-refractivity contribution in [3.63, 3.8) is 0 Å². The Morgan fingerprint density at radius 1 is 1.25 bits per heavy atom. The molecule has 1 aliphatic rings. The number of aromatic nitrogens is 1. The first-order valence-corrected chi connectivity index (χ1v) is 9.10. The highest BCUT2D eigenvalue weighted by molar-refractivity contribution is 7.20. The largest absolute Gasteiger partial charge is 0.478 e. The van der Waals surface area contributed by atoms with E-state index in [-0.39, 0.29) is 5.91 Å². The number of rotatable bonds is 5. The van der Waals surface area contributed by atoms with Gasteiger partial charge in [0.25, 0.3) is 0 Å². The van der Waals surface area contributed by atoms with Gasteiger partial charge in [0.15, 0.2) is 10.9 Å². The van der Waals surface area contributed by atoms with E-state index >= 15 is 0 Å². The summed E-state index contributed by atoms with van der Waals surface area (Å²) in [6.45, 7) is 5.24. The molecule has 2 aromatic heterocycles. The Hall–Kier alpha value is -3.18. The third-order valence-electron chi connectivity index (χ3n) is 3.42. The molecule has 0 aromatic carbocycles. The van der Waals surface area contributed by atoms with Gasteiger partial charge in [-0.2, -0.15) is 0 Å². The van der Waals surface area contributed by atoms with Crippen LogP contribution in [0.2, 0.25) is 0 Å². The van der Waals surface area contributed by atoms with E-state index in [2.05, 4.69) is 20.5 Å². The quantitative estimate of drug-likeness (QED) is 0.540. The van der Waals surface area contributed by atoms with Gasteiger partial charge in [-0.25, -0.2) is 14.6 Å². The number of carboxylic acids is 2. The minimum absolute atomic E-state index is 0.114. The molecule has 0 saturated carbocycles. The number of aliphatic carboxylic acids is 2. The lowest BCUT2D eigenvalue weighted by Gasteiger charge is -2.28. The van der Waals surface area contributed by atoms with E-state index in [1.54, 1.807) is 6.26 Å². The molecule has 3 rings (SSSR count). The predicted octanol–water partition coefficient (Wildman–Crippen LogP) is 1.48. The molecule has 11 heteroatoms. The van der Waals surface area contributed by atoms with Crippen LogP contribution in [0.3, 0.4) is 0 Å². The van der Waals surface area contributed by atoms with Crippen molar-refractivity contribution < 1.29 is 29.0 Å². The number of nitrogens with one attached hydrogen (secondary N) is 2. The van der Waals surface area contributed by atoms with Gasteiger partial charge in [-0.1, -0.05) is 11.3 Å². The van der Waals surface area contributed by atoms with Crippen LogP contribution in [0.15, 0.2) is 35.0 Å². The van der Waals surface area contributed by atoms with Crippen molar-refractivity contribution in [1.82, 2.24) is 10.3 Å². The molecular formula is C17H20N4O6S. The minimum Gasteiger partial charge on any atom is -0.478 e. The van der Waals surface area contributed by atoms with E-state index in [1.165, 1.54) is 18.3 Å². The summed E-state index contributed by atoms with van der Waals surface area (Å²) >= 11 is 1.49. The van der Waals surface area contributed by atoms with Crippen LogP contribution in [0.1, 0.15) is 6.92 Å². The highest BCUT2D eigenvalue weighted by atomic mass is 32.1. The number of hydrogen-bond acceptors (Lipinski definition) is 8. The molecule has 3 heterocycles. The Bertz CT molecular complexity index is 824. The summed E-state index contributed by atoms with van der Waals surface area (Å²) in [5.74, 6) is -1.90. The molecule has 1 saturated heterocycles. The van der Waals surface area contributed by atoms with Crippen molar-refractivity contribution in [2.45, 2.75) is 6.92 Å². The van der Waals surface area contributed by atoms with Crippen LogP contribution in [0, 0.1) is 0 Å². The number of nitrogens with zero attached hydrogens (tertiary/aromatic N) is 2. The highest BCUT2D eigenvalue weighted by Crippen LogP contribution is 2.38. The van der Waals surface area contributed by atoms with Gasteiger partial charge in [0.1, 0.15) is 10.7 Å².